The van der Waals surface area contributed by atoms with Crippen LogP contribution in [0.1, 0.15) is 72.3 Å². The Morgan fingerprint density at radius 1 is 1.37 bits per heavy atom. The standard InChI is InChI=1S/C26H39N3O4SSi/c1-15(2)23(31)19-11-22(34-16(19)3)24(32)20-12-27-14-28-25(20)29-18-9-17(21(30)10-18)13-33-35(7,8)26(4,5)6/h11-12,14,17-18,21,23,30-31H,1,9-10,13H2,2-8H3,(H,27,28,29)/t17-,18-,21+,23-/m1/s1. The maximum atomic E-state index is 13.4. The number of nitrogens with one attached hydrogen (secondary N) is 1. The summed E-state index contributed by atoms with van der Waals surface area (Å²) in [6.45, 7) is 19.1. The summed E-state index contributed by atoms with van der Waals surface area (Å²) in [5.74, 6) is 0.299. The molecule has 0 aliphatic heterocycles. The van der Waals surface area contributed by atoms with Gasteiger partial charge in [0.15, 0.2) is 8.32 Å². The van der Waals surface area contributed by atoms with Crippen LogP contribution in [0.25, 0.3) is 0 Å². The van der Waals surface area contributed by atoms with Crippen LogP contribution in [-0.2, 0) is 4.43 Å². The average molecular weight is 518 g/mol. The summed E-state index contributed by atoms with van der Waals surface area (Å²) in [5.41, 5.74) is 1.70. The molecule has 1 fully saturated rings. The Hall–Kier alpha value is -1.91. The predicted molar refractivity (Wildman–Crippen MR) is 144 cm³/mol. The molecule has 192 valence electrons. The fraction of sp³-hybridized carbons (Fsp3) is 0.577. The van der Waals surface area contributed by atoms with E-state index in [0.29, 0.717) is 40.4 Å². The molecular weight excluding hydrogens is 478 g/mol. The zero-order valence-corrected chi connectivity index (χ0v) is 23.7. The van der Waals surface area contributed by atoms with Crippen LogP contribution in [0, 0.1) is 12.8 Å². The average Bonchev–Trinajstić information content (AvgIpc) is 3.32. The predicted octanol–water partition coefficient (Wildman–Crippen LogP) is 5.26. The SMILES string of the molecule is C=C(C)[C@@H](O)c1cc(C(=O)c2cncnc2N[C@@H]2C[C@H](CO[Si](C)(C)C(C)(C)C)[C@@H](O)C2)sc1C. The maximum absolute atomic E-state index is 13.4. The molecule has 0 radical (unpaired) electrons. The molecule has 3 N–H and O–H groups in total. The van der Waals surface area contributed by atoms with E-state index in [1.165, 1.54) is 23.9 Å². The highest BCUT2D eigenvalue weighted by Gasteiger charge is 2.40. The van der Waals surface area contributed by atoms with Crippen molar-refractivity contribution in [3.05, 3.63) is 51.6 Å². The van der Waals surface area contributed by atoms with Gasteiger partial charge in [0.2, 0.25) is 5.78 Å². The first-order valence-electron chi connectivity index (χ1n) is 12.1. The summed E-state index contributed by atoms with van der Waals surface area (Å²) in [5, 5.41) is 24.6. The van der Waals surface area contributed by atoms with Crippen molar-refractivity contribution in [2.75, 3.05) is 11.9 Å². The second-order valence-corrected chi connectivity index (χ2v) is 17.3. The molecular formula is C26H39N3O4SSi. The van der Waals surface area contributed by atoms with Crippen LogP contribution in [-0.4, -0.2) is 53.0 Å². The number of carbonyl (C=O) groups excluding carboxylic acids is 1. The van der Waals surface area contributed by atoms with Gasteiger partial charge in [-0.1, -0.05) is 27.4 Å². The van der Waals surface area contributed by atoms with E-state index in [2.05, 4.69) is 55.7 Å². The molecule has 1 aliphatic carbocycles. The summed E-state index contributed by atoms with van der Waals surface area (Å²) < 4.78 is 6.36. The highest BCUT2D eigenvalue weighted by atomic mass is 32.1. The van der Waals surface area contributed by atoms with E-state index < -0.39 is 20.5 Å². The summed E-state index contributed by atoms with van der Waals surface area (Å²) in [4.78, 5) is 23.2. The summed E-state index contributed by atoms with van der Waals surface area (Å²) in [6.07, 6.45) is 2.97. The first kappa shape index (κ1) is 27.7. The molecule has 0 spiro atoms. The first-order chi connectivity index (χ1) is 16.2. The molecule has 1 saturated carbocycles. The number of ketones is 1. The Morgan fingerprint density at radius 3 is 2.69 bits per heavy atom. The molecule has 0 unspecified atom stereocenters. The number of rotatable bonds is 9. The second kappa shape index (κ2) is 10.6. The maximum Gasteiger partial charge on any atom is 0.208 e. The molecule has 2 aromatic heterocycles. The normalized spacial score (nSPS) is 21.7. The van der Waals surface area contributed by atoms with E-state index in [4.69, 9.17) is 4.43 Å². The van der Waals surface area contributed by atoms with Crippen molar-refractivity contribution in [3.63, 3.8) is 0 Å². The van der Waals surface area contributed by atoms with Crippen molar-refractivity contribution in [1.82, 2.24) is 9.97 Å². The quantitative estimate of drug-likeness (QED) is 0.237. The third-order valence-electron chi connectivity index (χ3n) is 7.36. The molecule has 4 atom stereocenters. The van der Waals surface area contributed by atoms with Crippen LogP contribution in [0.2, 0.25) is 18.1 Å². The topological polar surface area (TPSA) is 105 Å². The Kier molecular flexibility index (Phi) is 8.38. The summed E-state index contributed by atoms with van der Waals surface area (Å²) in [7, 11) is -1.90. The largest absolute Gasteiger partial charge is 0.416 e. The minimum Gasteiger partial charge on any atom is -0.416 e. The van der Waals surface area contributed by atoms with Crippen molar-refractivity contribution < 1.29 is 19.4 Å². The number of aliphatic hydroxyl groups excluding tert-OH is 2. The fourth-order valence-electron chi connectivity index (χ4n) is 4.01. The summed E-state index contributed by atoms with van der Waals surface area (Å²) >= 11 is 1.34. The van der Waals surface area contributed by atoms with Crippen molar-refractivity contribution in [2.45, 2.75) is 83.8 Å². The number of nitrogens with zero attached hydrogens (tertiary/aromatic N) is 2. The number of carbonyl (C=O) groups is 1. The van der Waals surface area contributed by atoms with Gasteiger partial charge in [0, 0.05) is 29.6 Å². The van der Waals surface area contributed by atoms with Crippen LogP contribution < -0.4 is 5.32 Å². The van der Waals surface area contributed by atoms with Crippen LogP contribution >= 0.6 is 11.3 Å². The minimum atomic E-state index is -1.90. The van der Waals surface area contributed by atoms with Gasteiger partial charge in [0.25, 0.3) is 0 Å². The third-order valence-corrected chi connectivity index (χ3v) is 12.9. The lowest BCUT2D eigenvalue weighted by Gasteiger charge is -2.37. The Bertz CT molecular complexity index is 1080. The molecule has 7 nitrogen and oxygen atoms in total. The van der Waals surface area contributed by atoms with E-state index in [1.54, 1.807) is 13.0 Å². The highest BCUT2D eigenvalue weighted by Crippen LogP contribution is 2.38. The van der Waals surface area contributed by atoms with Gasteiger partial charge in [-0.2, -0.15) is 0 Å². The molecule has 0 aromatic carbocycles. The lowest BCUT2D eigenvalue weighted by atomic mass is 10.0. The van der Waals surface area contributed by atoms with Gasteiger partial charge >= 0.3 is 0 Å². The van der Waals surface area contributed by atoms with Gasteiger partial charge in [-0.25, -0.2) is 9.97 Å². The van der Waals surface area contributed by atoms with Crippen LogP contribution in [0.15, 0.2) is 30.7 Å². The van der Waals surface area contributed by atoms with Gasteiger partial charge in [0.1, 0.15) is 18.2 Å². The van der Waals surface area contributed by atoms with E-state index in [0.717, 1.165) is 11.3 Å². The van der Waals surface area contributed by atoms with Gasteiger partial charge in [0.05, 0.1) is 16.5 Å². The molecule has 3 rings (SSSR count). The Labute approximate surface area is 213 Å². The lowest BCUT2D eigenvalue weighted by molar-refractivity contribution is 0.0938. The third kappa shape index (κ3) is 6.27. The number of aromatic nitrogens is 2. The Balaban J connectivity index is 1.72. The molecule has 35 heavy (non-hydrogen) atoms. The molecule has 0 bridgehead atoms. The first-order valence-corrected chi connectivity index (χ1v) is 15.8. The number of aryl methyl sites for hydroxylation is 1. The molecule has 9 heteroatoms. The number of hydrogen-bond acceptors (Lipinski definition) is 8. The van der Waals surface area contributed by atoms with Gasteiger partial charge in [-0.3, -0.25) is 4.79 Å². The minimum absolute atomic E-state index is 0.0228. The van der Waals surface area contributed by atoms with Crippen molar-refractivity contribution in [3.8, 4) is 0 Å². The van der Waals surface area contributed by atoms with Crippen molar-refractivity contribution >= 4 is 31.3 Å². The van der Waals surface area contributed by atoms with Gasteiger partial charge in [-0.15, -0.1) is 11.3 Å². The van der Waals surface area contributed by atoms with Crippen LogP contribution in [0.4, 0.5) is 5.82 Å². The van der Waals surface area contributed by atoms with Gasteiger partial charge in [-0.05, 0) is 62.0 Å². The summed E-state index contributed by atoms with van der Waals surface area (Å²) in [6, 6.07) is 1.71. The molecule has 1 aliphatic rings. The number of aliphatic hydroxyl groups is 2. The molecule has 0 saturated heterocycles. The zero-order valence-electron chi connectivity index (χ0n) is 21.9. The molecule has 0 amide bonds. The van der Waals surface area contributed by atoms with E-state index in [-0.39, 0.29) is 22.8 Å². The van der Waals surface area contributed by atoms with E-state index in [9.17, 15) is 15.0 Å². The van der Waals surface area contributed by atoms with E-state index >= 15 is 0 Å². The van der Waals surface area contributed by atoms with E-state index in [1.807, 2.05) is 6.92 Å². The zero-order chi connectivity index (χ0) is 26.1. The monoisotopic (exact) mass is 517 g/mol. The van der Waals surface area contributed by atoms with Crippen LogP contribution in [0.3, 0.4) is 0 Å². The van der Waals surface area contributed by atoms with Crippen molar-refractivity contribution in [2.24, 2.45) is 5.92 Å². The number of thiophene rings is 1. The second-order valence-electron chi connectivity index (χ2n) is 11.2. The molecule has 2 aromatic rings. The lowest BCUT2D eigenvalue weighted by Crippen LogP contribution is -2.42. The Morgan fingerprint density at radius 2 is 2.06 bits per heavy atom. The highest BCUT2D eigenvalue weighted by molar-refractivity contribution is 7.14. The molecule has 2 heterocycles. The number of anilines is 1. The van der Waals surface area contributed by atoms with Crippen molar-refractivity contribution in [1.29, 1.82) is 0 Å². The fourth-order valence-corrected chi connectivity index (χ4v) is 6.08. The van der Waals surface area contributed by atoms with Crippen LogP contribution in [0.5, 0.6) is 0 Å². The number of hydrogen-bond donors (Lipinski definition) is 3. The smallest absolute Gasteiger partial charge is 0.208 e. The van der Waals surface area contributed by atoms with Gasteiger partial charge < -0.3 is 20.0 Å².